The Labute approximate surface area is 307 Å². The van der Waals surface area contributed by atoms with Crippen molar-refractivity contribution in [1.29, 1.82) is 5.41 Å². The average molecular weight is 741 g/mol. The van der Waals surface area contributed by atoms with Gasteiger partial charge in [-0.15, -0.1) is 0 Å². The van der Waals surface area contributed by atoms with Crippen molar-refractivity contribution in [3.05, 3.63) is 88.0 Å². The first-order valence-corrected chi connectivity index (χ1v) is 17.7. The van der Waals surface area contributed by atoms with Crippen LogP contribution < -0.4 is 19.7 Å². The Morgan fingerprint density at radius 3 is 2.35 bits per heavy atom. The zero-order valence-corrected chi connectivity index (χ0v) is 28.8. The summed E-state index contributed by atoms with van der Waals surface area (Å²) in [5, 5.41) is 64.9. The Morgan fingerprint density at radius 1 is 0.907 bits per heavy atom. The van der Waals surface area contributed by atoms with Crippen molar-refractivity contribution in [2.24, 2.45) is 9.98 Å². The summed E-state index contributed by atoms with van der Waals surface area (Å²) in [6.07, 6.45) is -6.47. The number of benzene rings is 3. The molecule has 8 rings (SSSR count). The topological polar surface area (TPSA) is 245 Å². The van der Waals surface area contributed by atoms with Crippen molar-refractivity contribution in [2.75, 3.05) is 19.9 Å². The van der Waals surface area contributed by atoms with E-state index in [0.717, 1.165) is 0 Å². The first kappa shape index (κ1) is 35.8. The second kappa shape index (κ2) is 13.9. The molecule has 0 bridgehead atoms. The molecule has 3 aromatic carbocycles. The number of ether oxygens (including phenoxy) is 3. The van der Waals surface area contributed by atoms with E-state index in [-0.39, 0.29) is 89.4 Å². The molecule has 0 radical (unpaired) electrons. The number of aliphatic hydroxyl groups excluding tert-OH is 4. The number of amidine groups is 1. The molecule has 3 aliphatic heterocycles. The smallest absolute Gasteiger partial charge is 0.284 e. The van der Waals surface area contributed by atoms with E-state index in [1.165, 1.54) is 12.1 Å². The molecule has 3 heterocycles. The van der Waals surface area contributed by atoms with Crippen molar-refractivity contribution >= 4 is 40.7 Å². The summed E-state index contributed by atoms with van der Waals surface area (Å²) in [5.41, 5.74) is 0.291. The normalized spacial score (nSPS) is 27.1. The van der Waals surface area contributed by atoms with Crippen LogP contribution in [0.1, 0.15) is 68.7 Å². The molecule has 1 saturated carbocycles. The second-order valence-electron chi connectivity index (χ2n) is 14.0. The number of aliphatic hydroxyl groups is 5. The molecule has 280 valence electrons. The third kappa shape index (κ3) is 5.92. The van der Waals surface area contributed by atoms with Crippen molar-refractivity contribution in [2.45, 2.75) is 68.4 Å². The summed E-state index contributed by atoms with van der Waals surface area (Å²) < 4.78 is 18.5. The number of hydrogen-bond donors (Lipinski definition) is 8. The van der Waals surface area contributed by atoms with Crippen LogP contribution in [0.2, 0.25) is 0 Å². The van der Waals surface area contributed by atoms with Crippen LogP contribution in [0.4, 0.5) is 5.69 Å². The molecule has 6 atom stereocenters. The summed E-state index contributed by atoms with van der Waals surface area (Å²) >= 11 is 0. The van der Waals surface area contributed by atoms with E-state index < -0.39 is 60.4 Å². The van der Waals surface area contributed by atoms with Crippen LogP contribution in [0.5, 0.6) is 11.5 Å². The molecule has 54 heavy (non-hydrogen) atoms. The monoisotopic (exact) mass is 740 g/mol. The predicted molar refractivity (Wildman–Crippen MR) is 189 cm³/mol. The number of ketones is 2. The number of nitrogens with one attached hydrogen (secondary N) is 3. The van der Waals surface area contributed by atoms with Crippen molar-refractivity contribution in [3.8, 4) is 11.5 Å². The lowest BCUT2D eigenvalue weighted by molar-refractivity contribution is -0.723. The van der Waals surface area contributed by atoms with E-state index in [1.54, 1.807) is 42.5 Å². The van der Waals surface area contributed by atoms with E-state index in [1.807, 2.05) is 0 Å². The molecule has 2 fully saturated rings. The first-order chi connectivity index (χ1) is 26.0. The van der Waals surface area contributed by atoms with Gasteiger partial charge in [-0.3, -0.25) is 25.1 Å². The quantitative estimate of drug-likeness (QED) is 0.107. The highest BCUT2D eigenvalue weighted by Gasteiger charge is 2.54. The molecule has 5 aliphatic rings. The number of para-hydroxylation sites is 1. The molecular weight excluding hydrogens is 702 g/mol. The number of guanidine groups is 1. The molecule has 16 heteroatoms. The number of rotatable bonds is 9. The maximum Gasteiger partial charge on any atom is 0.284 e. The standard InChI is InChI=1S/C38H37N5O11/c39-37-41-34-25(35(50)42-37)40-17-43(34)23-10-4-1-7-18(23)15-19-16-22-24(27(46)21-9-3-2-8-20(21)26(22)45)32(52-14-13-44)31(19)53-36-30(49)28(47)29(48)33(54-36)38(51)11-5-6-12-38/h1-4,7-10,16,28-30,33,36,44,47-49,51H,5-6,11-15,17H2,(H2,39,42,50)/p+1/t28-,29-,30+,33-,36+/m1/s1. The fourth-order valence-corrected chi connectivity index (χ4v) is 8.02. The number of hydrogen-bond acceptors (Lipinski definition) is 13. The summed E-state index contributed by atoms with van der Waals surface area (Å²) in [6.45, 7) is -0.704. The lowest BCUT2D eigenvalue weighted by Gasteiger charge is -2.45. The summed E-state index contributed by atoms with van der Waals surface area (Å²) in [6, 6.07) is 15.0. The average Bonchev–Trinajstić information content (AvgIpc) is 3.81. The molecular formula is C38H38N5O11+. The van der Waals surface area contributed by atoms with Crippen molar-refractivity contribution < 1.29 is 59.0 Å². The minimum absolute atomic E-state index is 0.00545. The molecule has 0 aromatic heterocycles. The maximum atomic E-state index is 14.2. The molecule has 1 amide bonds. The zero-order valence-electron chi connectivity index (χ0n) is 28.8. The van der Waals surface area contributed by atoms with Gasteiger partial charge < -0.3 is 39.7 Å². The highest BCUT2D eigenvalue weighted by Crippen LogP contribution is 2.46. The Morgan fingerprint density at radius 2 is 1.61 bits per heavy atom. The van der Waals surface area contributed by atoms with E-state index in [2.05, 4.69) is 15.3 Å². The van der Waals surface area contributed by atoms with Crippen LogP contribution in [0.15, 0.2) is 64.6 Å². The molecule has 2 aliphatic carbocycles. The van der Waals surface area contributed by atoms with Crippen molar-refractivity contribution in [3.63, 3.8) is 0 Å². The molecule has 0 spiro atoms. The van der Waals surface area contributed by atoms with Gasteiger partial charge in [0.25, 0.3) is 11.7 Å². The summed E-state index contributed by atoms with van der Waals surface area (Å²) in [4.78, 5) is 50.1. The van der Waals surface area contributed by atoms with E-state index >= 15 is 0 Å². The van der Waals surface area contributed by atoms with Crippen LogP contribution in [0.25, 0.3) is 0 Å². The Bertz CT molecular complexity index is 2150. The number of quaternary nitrogens is 1. The van der Waals surface area contributed by atoms with Crippen LogP contribution in [-0.4, -0.2) is 117 Å². The number of amides is 1. The van der Waals surface area contributed by atoms with Gasteiger partial charge in [0.05, 0.1) is 17.8 Å². The van der Waals surface area contributed by atoms with Crippen LogP contribution >= 0.6 is 0 Å². The third-order valence-electron chi connectivity index (χ3n) is 10.6. The molecule has 16 nitrogen and oxygen atoms in total. The molecule has 1 unspecified atom stereocenters. The van der Waals surface area contributed by atoms with E-state index in [0.29, 0.717) is 29.0 Å². The van der Waals surface area contributed by atoms with Crippen molar-refractivity contribution in [1.82, 2.24) is 5.32 Å². The van der Waals surface area contributed by atoms with Gasteiger partial charge in [-0.05, 0) is 25.0 Å². The number of nitrogens with zero attached hydrogens (tertiary/aromatic N) is 2. The van der Waals surface area contributed by atoms with Gasteiger partial charge in [-0.25, -0.2) is 9.89 Å². The summed E-state index contributed by atoms with van der Waals surface area (Å²) in [5.74, 6) is -1.99. The van der Waals surface area contributed by atoms with Gasteiger partial charge in [0.1, 0.15) is 36.7 Å². The Balaban J connectivity index is 1.27. The van der Waals surface area contributed by atoms with Gasteiger partial charge in [-0.1, -0.05) is 55.3 Å². The van der Waals surface area contributed by atoms with Crippen LogP contribution in [-0.2, 0) is 16.0 Å². The number of carbonyl (C=O) groups is 3. The van der Waals surface area contributed by atoms with Crippen LogP contribution in [0.3, 0.4) is 0 Å². The first-order valence-electron chi connectivity index (χ1n) is 17.7. The zero-order chi connectivity index (χ0) is 37.9. The minimum Gasteiger partial charge on any atom is -0.486 e. The Hall–Kier alpha value is -5.20. The third-order valence-corrected chi connectivity index (χ3v) is 10.6. The van der Waals surface area contributed by atoms with E-state index in [4.69, 9.17) is 19.6 Å². The minimum atomic E-state index is -1.84. The number of carbonyl (C=O) groups excluding carboxylic acids is 3. The van der Waals surface area contributed by atoms with Gasteiger partial charge in [0, 0.05) is 34.2 Å². The fraction of sp³-hybridized carbons (Fsp3) is 0.368. The number of aliphatic imine (C=N–C) groups is 2. The predicted octanol–water partition coefficient (Wildman–Crippen LogP) is -0.693. The molecule has 3 aromatic rings. The Kier molecular flexibility index (Phi) is 9.21. The molecule has 1 saturated heterocycles. The highest BCUT2D eigenvalue weighted by molar-refractivity contribution is 6.68. The number of fused-ring (bicyclic) bond motifs is 3. The highest BCUT2D eigenvalue weighted by atomic mass is 16.7. The van der Waals surface area contributed by atoms with Gasteiger partial charge in [0.2, 0.25) is 18.0 Å². The SMILES string of the molecule is N=C1N=C2C(=NC[NH+]2c2ccccc2Cc2cc3c(c(OCCO)c2O[C@H]2O[C@@H](C4(O)CCCC4)[C@H](O)[C@@H](O)[C@@H]2O)C(=O)c2ccccc2C3=O)C(=O)N1. The maximum absolute atomic E-state index is 14.2. The lowest BCUT2D eigenvalue weighted by Crippen LogP contribution is -3.09. The second-order valence-corrected chi connectivity index (χ2v) is 14.0. The molecule has 8 N–H and O–H groups in total. The van der Waals surface area contributed by atoms with Crippen LogP contribution in [0, 0.1) is 5.41 Å². The lowest BCUT2D eigenvalue weighted by atomic mass is 9.81. The largest absolute Gasteiger partial charge is 0.486 e. The summed E-state index contributed by atoms with van der Waals surface area (Å²) in [7, 11) is 0. The fourth-order valence-electron chi connectivity index (χ4n) is 8.02. The van der Waals surface area contributed by atoms with Gasteiger partial charge >= 0.3 is 0 Å². The van der Waals surface area contributed by atoms with Gasteiger partial charge in [0.15, 0.2) is 29.7 Å². The van der Waals surface area contributed by atoms with E-state index in [9.17, 15) is 39.9 Å². The van der Waals surface area contributed by atoms with Gasteiger partial charge in [-0.2, -0.15) is 4.99 Å².